The summed E-state index contributed by atoms with van der Waals surface area (Å²) in [6, 6.07) is 3.23. The minimum atomic E-state index is -1.26. The van der Waals surface area contributed by atoms with E-state index in [4.69, 9.17) is 0 Å². The van der Waals surface area contributed by atoms with Crippen LogP contribution in [-0.2, 0) is 4.79 Å². The highest BCUT2D eigenvalue weighted by atomic mass is 19.1. The first-order valence-corrected chi connectivity index (χ1v) is 7.52. The summed E-state index contributed by atoms with van der Waals surface area (Å²) in [4.78, 5) is 13.4. The van der Waals surface area contributed by atoms with Crippen LogP contribution in [0.2, 0.25) is 0 Å². The van der Waals surface area contributed by atoms with E-state index in [0.29, 0.717) is 28.9 Å². The molecule has 1 saturated carbocycles. The van der Waals surface area contributed by atoms with Crippen molar-refractivity contribution in [1.82, 2.24) is 0 Å². The molecule has 0 saturated heterocycles. The van der Waals surface area contributed by atoms with Crippen LogP contribution in [0.4, 0.5) is 15.8 Å². The summed E-state index contributed by atoms with van der Waals surface area (Å²) in [5.74, 6) is -0.217. The van der Waals surface area contributed by atoms with Crippen molar-refractivity contribution in [2.75, 3.05) is 17.3 Å². The number of hydrogen-bond acceptors (Lipinski definition) is 3. The summed E-state index contributed by atoms with van der Waals surface area (Å²) < 4.78 is 14.4. The fraction of sp³-hybridized carbons (Fsp3) is 0.562. The summed E-state index contributed by atoms with van der Waals surface area (Å²) in [6.45, 7) is 2.23. The van der Waals surface area contributed by atoms with Gasteiger partial charge in [-0.15, -0.1) is 0 Å². The monoisotopic (exact) mass is 292 g/mol. The first-order chi connectivity index (χ1) is 9.97. The van der Waals surface area contributed by atoms with E-state index >= 15 is 0 Å². The summed E-state index contributed by atoms with van der Waals surface area (Å²) in [5.41, 5.74) is 1.33. The Bertz CT molecular complexity index is 576. The van der Waals surface area contributed by atoms with Crippen LogP contribution in [0, 0.1) is 11.7 Å². The van der Waals surface area contributed by atoms with Crippen LogP contribution in [0.15, 0.2) is 12.1 Å². The van der Waals surface area contributed by atoms with Crippen LogP contribution in [-0.4, -0.2) is 24.1 Å². The van der Waals surface area contributed by atoms with Gasteiger partial charge in [0.2, 0.25) is 0 Å². The van der Waals surface area contributed by atoms with Gasteiger partial charge in [0.1, 0.15) is 5.82 Å². The normalized spacial score (nSPS) is 28.2. The zero-order valence-corrected chi connectivity index (χ0v) is 12.4. The van der Waals surface area contributed by atoms with Crippen molar-refractivity contribution in [3.8, 4) is 0 Å². The predicted octanol–water partition coefficient (Wildman–Crippen LogP) is 2.83. The van der Waals surface area contributed by atoms with Gasteiger partial charge in [-0.1, -0.05) is 19.8 Å². The average molecular weight is 292 g/mol. The van der Waals surface area contributed by atoms with Crippen molar-refractivity contribution < 1.29 is 14.3 Å². The largest absolute Gasteiger partial charge is 0.378 e. The average Bonchev–Trinajstić information content (AvgIpc) is 2.73. The summed E-state index contributed by atoms with van der Waals surface area (Å²) in [5, 5.41) is 12.3. The number of halogens is 1. The first kappa shape index (κ1) is 14.3. The third-order valence-electron chi connectivity index (χ3n) is 4.76. The number of aliphatic hydroxyl groups is 1. The van der Waals surface area contributed by atoms with Crippen molar-refractivity contribution in [1.29, 1.82) is 0 Å². The number of nitrogens with zero attached hydrogens (tertiary/aromatic N) is 1. The molecule has 1 fully saturated rings. The molecule has 1 aromatic rings. The third-order valence-corrected chi connectivity index (χ3v) is 4.76. The summed E-state index contributed by atoms with van der Waals surface area (Å²) >= 11 is 0. The lowest BCUT2D eigenvalue weighted by molar-refractivity contribution is -0.123. The van der Waals surface area contributed by atoms with E-state index in [9.17, 15) is 14.3 Å². The highest BCUT2D eigenvalue weighted by molar-refractivity contribution is 6.02. The molecular weight excluding hydrogens is 271 g/mol. The molecule has 21 heavy (non-hydrogen) atoms. The van der Waals surface area contributed by atoms with Crippen LogP contribution < -0.4 is 10.2 Å². The number of amides is 1. The van der Waals surface area contributed by atoms with Gasteiger partial charge >= 0.3 is 0 Å². The molecule has 1 amide bonds. The van der Waals surface area contributed by atoms with E-state index in [1.807, 2.05) is 11.9 Å². The Morgan fingerprint density at radius 1 is 1.38 bits per heavy atom. The second-order valence-electron chi connectivity index (χ2n) is 6.32. The van der Waals surface area contributed by atoms with Crippen LogP contribution >= 0.6 is 0 Å². The number of rotatable bonds is 2. The minimum absolute atomic E-state index is 0.323. The molecule has 3 unspecified atom stereocenters. The van der Waals surface area contributed by atoms with Gasteiger partial charge in [0.15, 0.2) is 6.10 Å². The maximum atomic E-state index is 14.4. The molecule has 1 aromatic carbocycles. The molecule has 0 aromatic heterocycles. The number of anilines is 2. The standard InChI is InChI=1S/C16H21FN2O2/c1-9-4-3-5-10(6-9)19(2)14-8-13-11(7-12(14)17)15(20)16(21)18-13/h7-10,15,20H,3-6H2,1-2H3,(H,18,21). The number of nitrogens with one attached hydrogen (secondary N) is 1. The summed E-state index contributed by atoms with van der Waals surface area (Å²) in [7, 11) is 1.90. The first-order valence-electron chi connectivity index (χ1n) is 7.52. The van der Waals surface area contributed by atoms with Crippen molar-refractivity contribution in [3.63, 3.8) is 0 Å². The summed E-state index contributed by atoms with van der Waals surface area (Å²) in [6.07, 6.45) is 3.26. The number of carbonyl (C=O) groups is 1. The zero-order chi connectivity index (χ0) is 15.1. The number of fused-ring (bicyclic) bond motifs is 1. The molecule has 1 aliphatic heterocycles. The molecule has 3 atom stereocenters. The van der Waals surface area contributed by atoms with Gasteiger partial charge in [-0.25, -0.2) is 4.39 Å². The van der Waals surface area contributed by atoms with E-state index < -0.39 is 12.0 Å². The predicted molar refractivity (Wildman–Crippen MR) is 79.8 cm³/mol. The van der Waals surface area contributed by atoms with Gasteiger partial charge in [-0.05, 0) is 30.9 Å². The Labute approximate surface area is 124 Å². The Balaban J connectivity index is 1.89. The smallest absolute Gasteiger partial charge is 0.257 e. The van der Waals surface area contributed by atoms with Crippen LogP contribution in [0.3, 0.4) is 0 Å². The van der Waals surface area contributed by atoms with Crippen molar-refractivity contribution in [3.05, 3.63) is 23.5 Å². The second-order valence-corrected chi connectivity index (χ2v) is 6.32. The van der Waals surface area contributed by atoms with Gasteiger partial charge in [-0.2, -0.15) is 0 Å². The lowest BCUT2D eigenvalue weighted by atomic mass is 9.86. The lowest BCUT2D eigenvalue weighted by Gasteiger charge is -2.36. The van der Waals surface area contributed by atoms with Gasteiger partial charge in [0.25, 0.3) is 5.91 Å². The molecule has 0 bridgehead atoms. The van der Waals surface area contributed by atoms with E-state index in [1.165, 1.54) is 12.5 Å². The third kappa shape index (κ3) is 2.50. The van der Waals surface area contributed by atoms with E-state index in [0.717, 1.165) is 19.3 Å². The fourth-order valence-electron chi connectivity index (χ4n) is 3.47. The van der Waals surface area contributed by atoms with Crippen molar-refractivity contribution in [2.24, 2.45) is 5.92 Å². The quantitative estimate of drug-likeness (QED) is 0.881. The Morgan fingerprint density at radius 2 is 2.14 bits per heavy atom. The molecule has 1 aliphatic carbocycles. The molecule has 4 nitrogen and oxygen atoms in total. The Morgan fingerprint density at radius 3 is 2.86 bits per heavy atom. The Kier molecular flexibility index (Phi) is 3.61. The molecule has 5 heteroatoms. The number of aliphatic hydroxyl groups excluding tert-OH is 1. The van der Waals surface area contributed by atoms with E-state index in [1.54, 1.807) is 6.07 Å². The minimum Gasteiger partial charge on any atom is -0.378 e. The molecule has 3 rings (SSSR count). The zero-order valence-electron chi connectivity index (χ0n) is 12.4. The molecule has 0 radical (unpaired) electrons. The second kappa shape index (κ2) is 5.30. The number of carbonyl (C=O) groups excluding carboxylic acids is 1. The Hall–Kier alpha value is -1.62. The van der Waals surface area contributed by atoms with Crippen LogP contribution in [0.1, 0.15) is 44.3 Å². The van der Waals surface area contributed by atoms with Gasteiger partial charge in [0, 0.05) is 24.3 Å². The molecule has 114 valence electrons. The SMILES string of the molecule is CC1CCCC(N(C)c2cc3c(cc2F)C(O)C(=O)N3)C1. The molecule has 2 aliphatic rings. The highest BCUT2D eigenvalue weighted by Crippen LogP contribution is 2.37. The van der Waals surface area contributed by atoms with E-state index in [2.05, 4.69) is 12.2 Å². The molecule has 2 N–H and O–H groups in total. The van der Waals surface area contributed by atoms with Gasteiger partial charge in [-0.3, -0.25) is 4.79 Å². The van der Waals surface area contributed by atoms with Crippen LogP contribution in [0.25, 0.3) is 0 Å². The molecular formula is C16H21FN2O2. The van der Waals surface area contributed by atoms with Crippen molar-refractivity contribution in [2.45, 2.75) is 44.8 Å². The molecule has 1 heterocycles. The lowest BCUT2D eigenvalue weighted by Crippen LogP contribution is -2.36. The van der Waals surface area contributed by atoms with Crippen LogP contribution in [0.5, 0.6) is 0 Å². The molecule has 0 spiro atoms. The van der Waals surface area contributed by atoms with Gasteiger partial charge < -0.3 is 15.3 Å². The fourth-order valence-corrected chi connectivity index (χ4v) is 3.47. The number of hydrogen-bond donors (Lipinski definition) is 2. The maximum absolute atomic E-state index is 14.4. The van der Waals surface area contributed by atoms with E-state index in [-0.39, 0.29) is 5.82 Å². The topological polar surface area (TPSA) is 52.6 Å². The van der Waals surface area contributed by atoms with Gasteiger partial charge in [0.05, 0.1) is 5.69 Å². The number of benzene rings is 1. The maximum Gasteiger partial charge on any atom is 0.257 e. The highest BCUT2D eigenvalue weighted by Gasteiger charge is 2.31. The van der Waals surface area contributed by atoms with Crippen molar-refractivity contribution >= 4 is 17.3 Å².